The average Bonchev–Trinajstić information content (AvgIpc) is 2.58. The minimum absolute atomic E-state index is 0.0677. The van der Waals surface area contributed by atoms with E-state index >= 15 is 0 Å². The number of nitrogens with one attached hydrogen (secondary N) is 1. The Kier molecular flexibility index (Phi) is 2.63. The fourth-order valence-corrected chi connectivity index (χ4v) is 1.25. The third-order valence-electron chi connectivity index (χ3n) is 2.77. The highest BCUT2D eigenvalue weighted by molar-refractivity contribution is 6.19. The number of halogens is 1. The van der Waals surface area contributed by atoms with Gasteiger partial charge >= 0.3 is 0 Å². The van der Waals surface area contributed by atoms with Crippen molar-refractivity contribution in [2.75, 3.05) is 5.88 Å². The van der Waals surface area contributed by atoms with Crippen LogP contribution in [0.2, 0.25) is 0 Å². The standard InChI is InChI=1S/C10H18ClNO/c1-9(2)5-7(9)12-8(13)10(3,4)6-11/h7H,5-6H2,1-4H3,(H,12,13). The maximum atomic E-state index is 11.6. The molecule has 0 aromatic rings. The number of carbonyl (C=O) groups excluding carboxylic acids is 1. The largest absolute Gasteiger partial charge is 0.352 e. The number of carbonyl (C=O) groups is 1. The summed E-state index contributed by atoms with van der Waals surface area (Å²) in [6.45, 7) is 8.05. The molecule has 1 fully saturated rings. The van der Waals surface area contributed by atoms with Gasteiger partial charge in [-0.15, -0.1) is 11.6 Å². The van der Waals surface area contributed by atoms with Gasteiger partial charge in [-0.25, -0.2) is 0 Å². The van der Waals surface area contributed by atoms with Crippen LogP contribution >= 0.6 is 11.6 Å². The van der Waals surface area contributed by atoms with Gasteiger partial charge in [0.05, 0.1) is 5.41 Å². The molecule has 2 nitrogen and oxygen atoms in total. The molecule has 0 aromatic carbocycles. The number of rotatable bonds is 3. The lowest BCUT2D eigenvalue weighted by Gasteiger charge is -2.20. The lowest BCUT2D eigenvalue weighted by Crippen LogP contribution is -2.40. The highest BCUT2D eigenvalue weighted by atomic mass is 35.5. The van der Waals surface area contributed by atoms with Gasteiger partial charge in [0.1, 0.15) is 0 Å². The molecule has 3 heteroatoms. The van der Waals surface area contributed by atoms with Crippen LogP contribution in [0.3, 0.4) is 0 Å². The van der Waals surface area contributed by atoms with E-state index in [1.54, 1.807) is 0 Å². The van der Waals surface area contributed by atoms with Gasteiger partial charge in [0.25, 0.3) is 0 Å². The Morgan fingerprint density at radius 1 is 1.62 bits per heavy atom. The van der Waals surface area contributed by atoms with Crippen molar-refractivity contribution in [1.82, 2.24) is 5.32 Å². The molecule has 0 spiro atoms. The van der Waals surface area contributed by atoms with Gasteiger partial charge in [-0.2, -0.15) is 0 Å². The second-order valence-corrected chi connectivity index (χ2v) is 5.50. The predicted molar refractivity (Wildman–Crippen MR) is 54.8 cm³/mol. The zero-order chi connectivity index (χ0) is 10.3. The van der Waals surface area contributed by atoms with E-state index in [-0.39, 0.29) is 11.3 Å². The van der Waals surface area contributed by atoms with Gasteiger partial charge in [-0.05, 0) is 25.7 Å². The minimum Gasteiger partial charge on any atom is -0.352 e. The first-order valence-electron chi connectivity index (χ1n) is 4.66. The topological polar surface area (TPSA) is 29.1 Å². The van der Waals surface area contributed by atoms with Gasteiger partial charge in [0, 0.05) is 11.9 Å². The molecule has 1 aliphatic rings. The van der Waals surface area contributed by atoms with Crippen LogP contribution < -0.4 is 5.32 Å². The summed E-state index contributed by atoms with van der Waals surface area (Å²) in [7, 11) is 0. The summed E-state index contributed by atoms with van der Waals surface area (Å²) in [6, 6.07) is 0.350. The van der Waals surface area contributed by atoms with Gasteiger partial charge in [0.2, 0.25) is 5.91 Å². The molecule has 76 valence electrons. The van der Waals surface area contributed by atoms with Gasteiger partial charge < -0.3 is 5.32 Å². The molecule has 1 atom stereocenters. The molecule has 13 heavy (non-hydrogen) atoms. The third kappa shape index (κ3) is 2.37. The quantitative estimate of drug-likeness (QED) is 0.700. The summed E-state index contributed by atoms with van der Waals surface area (Å²) in [5.41, 5.74) is -0.154. The molecule has 0 aliphatic heterocycles. The maximum absolute atomic E-state index is 11.6. The van der Waals surface area contributed by atoms with Crippen molar-refractivity contribution in [1.29, 1.82) is 0 Å². The molecule has 1 unspecified atom stereocenters. The van der Waals surface area contributed by atoms with Crippen LogP contribution in [0.25, 0.3) is 0 Å². The SMILES string of the molecule is CC(C)(CCl)C(=O)NC1CC1(C)C. The Bertz CT molecular complexity index is 223. The van der Waals surface area contributed by atoms with Crippen molar-refractivity contribution in [3.63, 3.8) is 0 Å². The summed E-state index contributed by atoms with van der Waals surface area (Å²) in [6.07, 6.45) is 1.08. The zero-order valence-corrected chi connectivity index (χ0v) is 9.53. The predicted octanol–water partition coefficient (Wildman–Crippen LogP) is 2.17. The third-order valence-corrected chi connectivity index (χ3v) is 3.44. The van der Waals surface area contributed by atoms with Crippen molar-refractivity contribution < 1.29 is 4.79 Å². The normalized spacial score (nSPS) is 25.5. The fraction of sp³-hybridized carbons (Fsp3) is 0.900. The van der Waals surface area contributed by atoms with E-state index in [9.17, 15) is 4.79 Å². The van der Waals surface area contributed by atoms with Crippen LogP contribution in [0.1, 0.15) is 34.1 Å². The molecular formula is C10H18ClNO. The first-order valence-corrected chi connectivity index (χ1v) is 5.20. The molecule has 1 N–H and O–H groups in total. The fourth-order valence-electron chi connectivity index (χ4n) is 1.13. The molecule has 1 rings (SSSR count). The average molecular weight is 204 g/mol. The Labute approximate surface area is 85.0 Å². The van der Waals surface area contributed by atoms with E-state index in [2.05, 4.69) is 19.2 Å². The Morgan fingerprint density at radius 2 is 2.08 bits per heavy atom. The molecule has 0 heterocycles. The molecule has 0 saturated heterocycles. The first-order chi connectivity index (χ1) is 5.79. The number of hydrogen-bond acceptors (Lipinski definition) is 1. The Balaban J connectivity index is 2.43. The molecule has 0 bridgehead atoms. The van der Waals surface area contributed by atoms with Crippen molar-refractivity contribution in [3.8, 4) is 0 Å². The van der Waals surface area contributed by atoms with Crippen molar-refractivity contribution in [2.45, 2.75) is 40.2 Å². The van der Waals surface area contributed by atoms with Gasteiger partial charge in [-0.3, -0.25) is 4.79 Å². The van der Waals surface area contributed by atoms with E-state index in [4.69, 9.17) is 11.6 Å². The summed E-state index contributed by atoms with van der Waals surface area (Å²) in [4.78, 5) is 11.6. The maximum Gasteiger partial charge on any atom is 0.227 e. The van der Waals surface area contributed by atoms with Crippen molar-refractivity contribution >= 4 is 17.5 Å². The smallest absolute Gasteiger partial charge is 0.227 e. The second kappa shape index (κ2) is 3.16. The molecule has 1 aliphatic carbocycles. The van der Waals surface area contributed by atoms with Gasteiger partial charge in [-0.1, -0.05) is 13.8 Å². The Morgan fingerprint density at radius 3 is 2.38 bits per heavy atom. The monoisotopic (exact) mass is 203 g/mol. The lowest BCUT2D eigenvalue weighted by molar-refractivity contribution is -0.128. The van der Waals surface area contributed by atoms with Crippen LogP contribution in [-0.2, 0) is 4.79 Å². The molecular weight excluding hydrogens is 186 g/mol. The van der Waals surface area contributed by atoms with Crippen molar-refractivity contribution in [3.05, 3.63) is 0 Å². The summed E-state index contributed by atoms with van der Waals surface area (Å²) in [5, 5.41) is 3.01. The van der Waals surface area contributed by atoms with E-state index in [0.717, 1.165) is 6.42 Å². The highest BCUT2D eigenvalue weighted by Crippen LogP contribution is 2.44. The summed E-state index contributed by atoms with van der Waals surface area (Å²) >= 11 is 5.70. The summed E-state index contributed by atoms with van der Waals surface area (Å²) in [5.74, 6) is 0.435. The van der Waals surface area contributed by atoms with Crippen LogP contribution in [0.15, 0.2) is 0 Å². The van der Waals surface area contributed by atoms with E-state index < -0.39 is 5.41 Å². The van der Waals surface area contributed by atoms with Crippen molar-refractivity contribution in [2.24, 2.45) is 10.8 Å². The Hall–Kier alpha value is -0.240. The molecule has 1 amide bonds. The van der Waals surface area contributed by atoms with E-state index in [1.807, 2.05) is 13.8 Å². The lowest BCUT2D eigenvalue weighted by atomic mass is 9.95. The molecule has 0 aromatic heterocycles. The van der Waals surface area contributed by atoms with Crippen LogP contribution in [0.5, 0.6) is 0 Å². The van der Waals surface area contributed by atoms with Crippen LogP contribution in [0.4, 0.5) is 0 Å². The second-order valence-electron chi connectivity index (χ2n) is 5.24. The number of alkyl halides is 1. The van der Waals surface area contributed by atoms with Crippen LogP contribution in [0, 0.1) is 10.8 Å². The first kappa shape index (κ1) is 10.8. The molecule has 0 radical (unpaired) electrons. The molecule has 1 saturated carbocycles. The number of hydrogen-bond donors (Lipinski definition) is 1. The number of amides is 1. The van der Waals surface area contributed by atoms with E-state index in [1.165, 1.54) is 0 Å². The summed E-state index contributed by atoms with van der Waals surface area (Å²) < 4.78 is 0. The van der Waals surface area contributed by atoms with E-state index in [0.29, 0.717) is 11.9 Å². The van der Waals surface area contributed by atoms with Crippen LogP contribution in [-0.4, -0.2) is 17.8 Å². The minimum atomic E-state index is -0.444. The zero-order valence-electron chi connectivity index (χ0n) is 8.78. The van der Waals surface area contributed by atoms with Gasteiger partial charge in [0.15, 0.2) is 0 Å². The highest BCUT2D eigenvalue weighted by Gasteiger charge is 2.47.